The summed E-state index contributed by atoms with van der Waals surface area (Å²) in [5, 5.41) is 3.34. The molecule has 1 rings (SSSR count). The van der Waals surface area contributed by atoms with Crippen LogP contribution in [0.1, 0.15) is 60.8 Å². The summed E-state index contributed by atoms with van der Waals surface area (Å²) in [7, 11) is -2.92. The Morgan fingerprint density at radius 2 is 1.58 bits per heavy atom. The third-order valence-electron chi connectivity index (χ3n) is 4.23. The lowest BCUT2D eigenvalue weighted by molar-refractivity contribution is 0.239. The van der Waals surface area contributed by atoms with Crippen molar-refractivity contribution >= 4 is 9.84 Å². The molecule has 0 amide bonds. The smallest absolute Gasteiger partial charge is 0.150 e. The van der Waals surface area contributed by atoms with Gasteiger partial charge in [-0.15, -0.1) is 0 Å². The highest BCUT2D eigenvalue weighted by molar-refractivity contribution is 7.91. The van der Waals surface area contributed by atoms with Crippen LogP contribution in [0.2, 0.25) is 0 Å². The van der Waals surface area contributed by atoms with Gasteiger partial charge in [0.25, 0.3) is 0 Å². The number of hydrogen-bond acceptors (Lipinski definition) is 3. The lowest BCUT2D eigenvalue weighted by Crippen LogP contribution is -2.37. The predicted molar refractivity (Wildman–Crippen MR) is 82.1 cm³/mol. The van der Waals surface area contributed by atoms with Crippen LogP contribution < -0.4 is 5.32 Å². The molecule has 0 radical (unpaired) electrons. The van der Waals surface area contributed by atoms with E-state index in [0.717, 1.165) is 19.4 Å². The van der Waals surface area contributed by atoms with E-state index in [4.69, 9.17) is 0 Å². The van der Waals surface area contributed by atoms with E-state index in [1.165, 1.54) is 0 Å². The summed E-state index contributed by atoms with van der Waals surface area (Å²) in [5.41, 5.74) is 0.208. The highest BCUT2D eigenvalue weighted by Crippen LogP contribution is 2.59. The zero-order chi connectivity index (χ0) is 14.9. The van der Waals surface area contributed by atoms with E-state index in [0.29, 0.717) is 17.9 Å². The zero-order valence-electron chi connectivity index (χ0n) is 13.5. The molecule has 4 heteroatoms. The average Bonchev–Trinajstić information content (AvgIpc) is 2.90. The van der Waals surface area contributed by atoms with Gasteiger partial charge in [-0.2, -0.15) is 0 Å². The third kappa shape index (κ3) is 5.42. The van der Waals surface area contributed by atoms with E-state index in [1.54, 1.807) is 0 Å². The largest absolute Gasteiger partial charge is 0.312 e. The van der Waals surface area contributed by atoms with Crippen LogP contribution in [-0.2, 0) is 9.84 Å². The molecule has 0 aliphatic heterocycles. The Bertz CT molecular complexity index is 395. The lowest BCUT2D eigenvalue weighted by Gasteiger charge is -2.30. The van der Waals surface area contributed by atoms with Crippen molar-refractivity contribution in [1.82, 2.24) is 5.32 Å². The second kappa shape index (κ2) is 5.36. The number of rotatable bonds is 6. The summed E-state index contributed by atoms with van der Waals surface area (Å²) < 4.78 is 24.5. The van der Waals surface area contributed by atoms with Crippen molar-refractivity contribution in [2.24, 2.45) is 10.8 Å². The van der Waals surface area contributed by atoms with E-state index in [1.807, 2.05) is 0 Å². The minimum Gasteiger partial charge on any atom is -0.312 e. The predicted octanol–water partition coefficient (Wildman–Crippen LogP) is 3.01. The molecule has 0 spiro atoms. The molecule has 1 N–H and O–H groups in total. The Labute approximate surface area is 119 Å². The normalized spacial score (nSPS) is 19.5. The highest BCUT2D eigenvalue weighted by Gasteiger charge is 2.53. The van der Waals surface area contributed by atoms with Crippen molar-refractivity contribution in [2.45, 2.75) is 66.3 Å². The van der Waals surface area contributed by atoms with Crippen LogP contribution >= 0.6 is 0 Å². The Kier molecular flexibility index (Phi) is 4.79. The Morgan fingerprint density at radius 3 is 1.95 bits per heavy atom. The number of nitrogens with one attached hydrogen (secondary N) is 1. The first-order valence-corrected chi connectivity index (χ1v) is 9.15. The third-order valence-corrected chi connectivity index (χ3v) is 6.13. The molecule has 0 bridgehead atoms. The summed E-state index contributed by atoms with van der Waals surface area (Å²) >= 11 is 0. The molecule has 114 valence electrons. The zero-order valence-corrected chi connectivity index (χ0v) is 14.3. The molecule has 0 aromatic heterocycles. The Balaban J connectivity index is 2.42. The standard InChI is InChI=1S/C15H31NO2S/c1-13(2,3)15(8-9-15)12-19(17,18)11-7-10-16-14(4,5)6/h16H,7-12H2,1-6H3. The molecule has 19 heavy (non-hydrogen) atoms. The number of hydrogen-bond donors (Lipinski definition) is 1. The fourth-order valence-corrected chi connectivity index (χ4v) is 4.80. The molecule has 0 aromatic rings. The van der Waals surface area contributed by atoms with Crippen LogP contribution in [0.4, 0.5) is 0 Å². The van der Waals surface area contributed by atoms with Crippen LogP contribution in [0.15, 0.2) is 0 Å². The van der Waals surface area contributed by atoms with Gasteiger partial charge >= 0.3 is 0 Å². The monoisotopic (exact) mass is 289 g/mol. The van der Waals surface area contributed by atoms with E-state index in [2.05, 4.69) is 46.9 Å². The maximum atomic E-state index is 12.2. The van der Waals surface area contributed by atoms with E-state index >= 15 is 0 Å². The molecule has 0 aromatic carbocycles. The van der Waals surface area contributed by atoms with Crippen molar-refractivity contribution in [1.29, 1.82) is 0 Å². The quantitative estimate of drug-likeness (QED) is 0.765. The molecule has 0 atom stereocenters. The summed E-state index contributed by atoms with van der Waals surface area (Å²) in [4.78, 5) is 0. The molecular weight excluding hydrogens is 258 g/mol. The van der Waals surface area contributed by atoms with Gasteiger partial charge in [0.05, 0.1) is 11.5 Å². The van der Waals surface area contributed by atoms with Gasteiger partial charge in [0.2, 0.25) is 0 Å². The lowest BCUT2D eigenvalue weighted by atomic mass is 9.79. The van der Waals surface area contributed by atoms with Crippen LogP contribution in [0.5, 0.6) is 0 Å². The van der Waals surface area contributed by atoms with Gasteiger partial charge < -0.3 is 5.32 Å². The van der Waals surface area contributed by atoms with Gasteiger partial charge in [0, 0.05) is 5.54 Å². The maximum absolute atomic E-state index is 12.2. The fraction of sp³-hybridized carbons (Fsp3) is 1.00. The molecule has 1 aliphatic rings. The summed E-state index contributed by atoms with van der Waals surface area (Å²) in [5.74, 6) is 0.687. The minimum absolute atomic E-state index is 0.0449. The Morgan fingerprint density at radius 1 is 1.05 bits per heavy atom. The second-order valence-electron chi connectivity index (χ2n) is 8.15. The van der Waals surface area contributed by atoms with Gasteiger partial charge in [0.15, 0.2) is 9.84 Å². The first-order chi connectivity index (χ1) is 8.37. The van der Waals surface area contributed by atoms with Crippen molar-refractivity contribution in [3.05, 3.63) is 0 Å². The summed E-state index contributed by atoms with van der Waals surface area (Å²) in [6.45, 7) is 13.6. The average molecular weight is 289 g/mol. The van der Waals surface area contributed by atoms with Gasteiger partial charge in [-0.25, -0.2) is 8.42 Å². The topological polar surface area (TPSA) is 46.2 Å². The maximum Gasteiger partial charge on any atom is 0.150 e. The van der Waals surface area contributed by atoms with E-state index < -0.39 is 9.84 Å². The van der Waals surface area contributed by atoms with Crippen LogP contribution in [0.25, 0.3) is 0 Å². The van der Waals surface area contributed by atoms with Crippen molar-refractivity contribution < 1.29 is 8.42 Å². The highest BCUT2D eigenvalue weighted by atomic mass is 32.2. The van der Waals surface area contributed by atoms with Crippen molar-refractivity contribution in [3.63, 3.8) is 0 Å². The molecule has 1 fully saturated rings. The molecule has 0 saturated heterocycles. The summed E-state index contributed by atoms with van der Waals surface area (Å²) in [6.07, 6.45) is 2.84. The van der Waals surface area contributed by atoms with E-state index in [9.17, 15) is 8.42 Å². The first-order valence-electron chi connectivity index (χ1n) is 7.32. The molecule has 1 aliphatic carbocycles. The SMILES string of the molecule is CC(C)(C)NCCCS(=O)(=O)CC1(C(C)(C)C)CC1. The van der Waals surface area contributed by atoms with Gasteiger partial charge in [0.1, 0.15) is 0 Å². The van der Waals surface area contributed by atoms with Crippen LogP contribution in [0.3, 0.4) is 0 Å². The molecule has 0 heterocycles. The molecule has 1 saturated carbocycles. The second-order valence-corrected chi connectivity index (χ2v) is 10.3. The number of sulfone groups is 1. The van der Waals surface area contributed by atoms with Crippen LogP contribution in [-0.4, -0.2) is 32.0 Å². The first kappa shape index (κ1) is 17.0. The molecule has 3 nitrogen and oxygen atoms in total. The summed E-state index contributed by atoms with van der Waals surface area (Å²) in [6, 6.07) is 0. The van der Waals surface area contributed by atoms with Crippen LogP contribution in [0, 0.1) is 10.8 Å². The van der Waals surface area contributed by atoms with Crippen molar-refractivity contribution in [2.75, 3.05) is 18.1 Å². The molecular formula is C15H31NO2S. The van der Waals surface area contributed by atoms with Crippen molar-refractivity contribution in [3.8, 4) is 0 Å². The van der Waals surface area contributed by atoms with Gasteiger partial charge in [-0.3, -0.25) is 0 Å². The fourth-order valence-electron chi connectivity index (χ4n) is 2.51. The van der Waals surface area contributed by atoms with Gasteiger partial charge in [-0.05, 0) is 57.4 Å². The van der Waals surface area contributed by atoms with E-state index in [-0.39, 0.29) is 16.4 Å². The Hall–Kier alpha value is -0.0900. The minimum atomic E-state index is -2.92. The molecule has 0 unspecified atom stereocenters. The van der Waals surface area contributed by atoms with Gasteiger partial charge in [-0.1, -0.05) is 20.8 Å².